The van der Waals surface area contributed by atoms with Crippen LogP contribution in [0.5, 0.6) is 0 Å². The van der Waals surface area contributed by atoms with Crippen LogP contribution in [0.4, 0.5) is 4.79 Å². The van der Waals surface area contributed by atoms with Gasteiger partial charge in [-0.15, -0.1) is 0 Å². The van der Waals surface area contributed by atoms with Crippen molar-refractivity contribution >= 4 is 16.4 Å². The maximum atomic E-state index is 10.4. The molecule has 60 valence electrons. The van der Waals surface area contributed by atoms with Gasteiger partial charge in [-0.1, -0.05) is 0 Å². The molecule has 0 fully saturated rings. The average molecular weight is 166 g/mol. The molecule has 1 unspecified atom stereocenters. The molecule has 0 aliphatic carbocycles. The molecule has 1 N–H and O–H groups in total. The molecular formula is C5H10O4S. The molecule has 5 heteroatoms. The summed E-state index contributed by atoms with van der Waals surface area (Å²) in [4.78, 5) is 10.4. The molecule has 0 bridgehead atoms. The third-order valence-electron chi connectivity index (χ3n) is 0.532. The molecule has 0 saturated carbocycles. The van der Waals surface area contributed by atoms with Gasteiger partial charge in [-0.05, 0) is 20.8 Å². The molecule has 0 aromatic heterocycles. The molecule has 1 atom stereocenters. The van der Waals surface area contributed by atoms with E-state index in [1.165, 1.54) is 0 Å². The van der Waals surface area contributed by atoms with Gasteiger partial charge in [0.05, 0.1) is 0 Å². The summed E-state index contributed by atoms with van der Waals surface area (Å²) < 4.78 is 22.7. The van der Waals surface area contributed by atoms with Crippen LogP contribution in [0.3, 0.4) is 0 Å². The van der Waals surface area contributed by atoms with E-state index in [1.54, 1.807) is 20.8 Å². The molecule has 0 amide bonds. The molecule has 0 aromatic rings. The van der Waals surface area contributed by atoms with Gasteiger partial charge < -0.3 is 4.74 Å². The number of carbonyl (C=O) groups is 1. The van der Waals surface area contributed by atoms with Crippen LogP contribution in [0.15, 0.2) is 0 Å². The second kappa shape index (κ2) is 3.12. The molecule has 0 aromatic carbocycles. The van der Waals surface area contributed by atoms with Crippen LogP contribution in [0.25, 0.3) is 0 Å². The lowest BCUT2D eigenvalue weighted by Crippen LogP contribution is -2.24. The van der Waals surface area contributed by atoms with Crippen molar-refractivity contribution in [2.75, 3.05) is 0 Å². The lowest BCUT2D eigenvalue weighted by molar-refractivity contribution is 0.0716. The van der Waals surface area contributed by atoms with E-state index >= 15 is 0 Å². The Labute approximate surface area is 61.9 Å². The lowest BCUT2D eigenvalue weighted by atomic mass is 10.2. The normalized spacial score (nSPS) is 14.4. The predicted molar refractivity (Wildman–Crippen MR) is 37.0 cm³/mol. The smallest absolute Gasteiger partial charge is 0.425 e. The second-order valence-electron chi connectivity index (χ2n) is 2.71. The first-order valence-corrected chi connectivity index (χ1v) is 3.77. The Bertz CT molecular complexity index is 158. The molecule has 10 heavy (non-hydrogen) atoms. The van der Waals surface area contributed by atoms with E-state index < -0.39 is 22.0 Å². The van der Waals surface area contributed by atoms with Gasteiger partial charge in [-0.2, -0.15) is 0 Å². The van der Waals surface area contributed by atoms with Crippen LogP contribution in [-0.2, 0) is 15.8 Å². The van der Waals surface area contributed by atoms with Gasteiger partial charge in [0, 0.05) is 0 Å². The van der Waals surface area contributed by atoms with E-state index in [0.717, 1.165) is 0 Å². The highest BCUT2D eigenvalue weighted by Gasteiger charge is 2.19. The molecule has 0 aliphatic heterocycles. The zero-order valence-electron chi connectivity index (χ0n) is 6.08. The molecule has 0 aliphatic rings. The summed E-state index contributed by atoms with van der Waals surface area (Å²) in [6, 6.07) is 0. The number of carbonyl (C=O) groups excluding carboxylic acids is 1. The van der Waals surface area contributed by atoms with Crippen molar-refractivity contribution in [3.63, 3.8) is 0 Å². The zero-order chi connectivity index (χ0) is 8.36. The summed E-state index contributed by atoms with van der Waals surface area (Å²) in [6.45, 7) is 4.87. The first-order chi connectivity index (χ1) is 4.33. The second-order valence-corrected chi connectivity index (χ2v) is 3.55. The van der Waals surface area contributed by atoms with Crippen LogP contribution >= 0.6 is 0 Å². The SMILES string of the molecule is CC(C)(C)OC(=O)S(=O)O. The summed E-state index contributed by atoms with van der Waals surface area (Å²) in [7, 11) is 0. The number of ether oxygens (including phenoxy) is 1. The molecule has 0 heterocycles. The molecule has 0 saturated heterocycles. The quantitative estimate of drug-likeness (QED) is 0.433. The first kappa shape index (κ1) is 9.58. The topological polar surface area (TPSA) is 63.6 Å². The molecule has 4 nitrogen and oxygen atoms in total. The summed E-state index contributed by atoms with van der Waals surface area (Å²) >= 11 is -2.52. The standard InChI is InChI=1S/C5H10O4S/c1-5(2,3)9-4(6)10(7)8/h1-3H3,(H,7,8). The van der Waals surface area contributed by atoms with E-state index in [-0.39, 0.29) is 0 Å². The highest BCUT2D eigenvalue weighted by molar-refractivity contribution is 7.94. The minimum atomic E-state index is -2.52. The molecule has 0 radical (unpaired) electrons. The minimum Gasteiger partial charge on any atom is -0.448 e. The van der Waals surface area contributed by atoms with Crippen molar-refractivity contribution < 1.29 is 18.3 Å². The highest BCUT2D eigenvalue weighted by Crippen LogP contribution is 2.08. The van der Waals surface area contributed by atoms with Gasteiger partial charge in [-0.25, -0.2) is 9.00 Å². The lowest BCUT2D eigenvalue weighted by Gasteiger charge is -2.17. The molecular weight excluding hydrogens is 156 g/mol. The highest BCUT2D eigenvalue weighted by atomic mass is 32.2. The van der Waals surface area contributed by atoms with Crippen LogP contribution in [-0.4, -0.2) is 19.7 Å². The fraction of sp³-hybridized carbons (Fsp3) is 0.800. The van der Waals surface area contributed by atoms with E-state index in [0.29, 0.717) is 0 Å². The van der Waals surface area contributed by atoms with Crippen LogP contribution in [0, 0.1) is 0 Å². The average Bonchev–Trinajstić information content (AvgIpc) is 1.60. The van der Waals surface area contributed by atoms with Crippen molar-refractivity contribution in [2.45, 2.75) is 26.4 Å². The predicted octanol–water partition coefficient (Wildman–Crippen LogP) is 1.14. The maximum Gasteiger partial charge on any atom is 0.425 e. The Morgan fingerprint density at radius 3 is 2.00 bits per heavy atom. The third-order valence-corrected chi connectivity index (χ3v) is 0.901. The van der Waals surface area contributed by atoms with Gasteiger partial charge in [0.1, 0.15) is 5.60 Å². The van der Waals surface area contributed by atoms with Crippen molar-refractivity contribution in [3.8, 4) is 0 Å². The minimum absolute atomic E-state index is 0.699. The number of hydrogen-bond donors (Lipinski definition) is 1. The largest absolute Gasteiger partial charge is 0.448 e. The fourth-order valence-corrected chi connectivity index (χ4v) is 0.607. The Kier molecular flexibility index (Phi) is 2.98. The summed E-state index contributed by atoms with van der Waals surface area (Å²) in [5.74, 6) is 0. The molecule has 0 rings (SSSR count). The Morgan fingerprint density at radius 2 is 1.90 bits per heavy atom. The van der Waals surface area contributed by atoms with Crippen molar-refractivity contribution in [1.29, 1.82) is 0 Å². The van der Waals surface area contributed by atoms with E-state index in [4.69, 9.17) is 4.55 Å². The van der Waals surface area contributed by atoms with Crippen molar-refractivity contribution in [1.82, 2.24) is 0 Å². The monoisotopic (exact) mass is 166 g/mol. The summed E-state index contributed by atoms with van der Waals surface area (Å²) in [5, 5.41) is -1.10. The molecule has 0 spiro atoms. The fourth-order valence-electron chi connectivity index (χ4n) is 0.286. The van der Waals surface area contributed by atoms with Crippen molar-refractivity contribution in [2.24, 2.45) is 0 Å². The van der Waals surface area contributed by atoms with Gasteiger partial charge in [-0.3, -0.25) is 4.55 Å². The summed E-state index contributed by atoms with van der Waals surface area (Å²) in [5.41, 5.74) is -0.699. The summed E-state index contributed by atoms with van der Waals surface area (Å²) in [6.07, 6.45) is 0. The Balaban J connectivity index is 3.93. The first-order valence-electron chi connectivity index (χ1n) is 2.67. The number of rotatable bonds is 0. The number of hydrogen-bond acceptors (Lipinski definition) is 3. The Hall–Kier alpha value is -0.420. The van der Waals surface area contributed by atoms with Crippen molar-refractivity contribution in [3.05, 3.63) is 0 Å². The van der Waals surface area contributed by atoms with Crippen LogP contribution < -0.4 is 0 Å². The van der Waals surface area contributed by atoms with Crippen LogP contribution in [0.1, 0.15) is 20.8 Å². The van der Waals surface area contributed by atoms with Crippen LogP contribution in [0.2, 0.25) is 0 Å². The maximum absolute atomic E-state index is 10.4. The van der Waals surface area contributed by atoms with Gasteiger partial charge in [0.2, 0.25) is 0 Å². The van der Waals surface area contributed by atoms with E-state index in [1.807, 2.05) is 0 Å². The Morgan fingerprint density at radius 1 is 1.50 bits per heavy atom. The van der Waals surface area contributed by atoms with Gasteiger partial charge >= 0.3 is 5.30 Å². The van der Waals surface area contributed by atoms with Gasteiger partial charge in [0.25, 0.3) is 11.1 Å². The van der Waals surface area contributed by atoms with E-state index in [2.05, 4.69) is 4.74 Å². The third kappa shape index (κ3) is 4.46. The van der Waals surface area contributed by atoms with E-state index in [9.17, 15) is 9.00 Å². The van der Waals surface area contributed by atoms with Gasteiger partial charge in [0.15, 0.2) is 0 Å². The zero-order valence-corrected chi connectivity index (χ0v) is 6.90.